The van der Waals surface area contributed by atoms with E-state index in [4.69, 9.17) is 4.74 Å². The molecule has 0 spiro atoms. The van der Waals surface area contributed by atoms with Crippen molar-refractivity contribution in [1.29, 1.82) is 0 Å². The lowest BCUT2D eigenvalue weighted by Crippen LogP contribution is -2.53. The van der Waals surface area contributed by atoms with Crippen LogP contribution in [0.5, 0.6) is 0 Å². The van der Waals surface area contributed by atoms with Crippen molar-refractivity contribution in [1.82, 2.24) is 8.61 Å². The molecule has 0 bridgehead atoms. The number of hydrogen-bond acceptors (Lipinski definition) is 3. The summed E-state index contributed by atoms with van der Waals surface area (Å²) in [4.78, 5) is 0. The van der Waals surface area contributed by atoms with E-state index in [1.54, 1.807) is 8.61 Å². The minimum absolute atomic E-state index is 0.0605. The number of morpholine rings is 1. The third-order valence-corrected chi connectivity index (χ3v) is 6.02. The topological polar surface area (TPSA) is 49.9 Å². The van der Waals surface area contributed by atoms with Crippen molar-refractivity contribution in [2.24, 2.45) is 5.92 Å². The first-order valence-electron chi connectivity index (χ1n) is 6.81. The van der Waals surface area contributed by atoms with Crippen molar-refractivity contribution in [3.05, 3.63) is 0 Å². The van der Waals surface area contributed by atoms with Crippen molar-refractivity contribution >= 4 is 10.2 Å². The highest BCUT2D eigenvalue weighted by Gasteiger charge is 2.44. The molecule has 2 aliphatic rings. The van der Waals surface area contributed by atoms with Gasteiger partial charge in [-0.05, 0) is 25.7 Å². The zero-order chi connectivity index (χ0) is 13.3. The van der Waals surface area contributed by atoms with Crippen LogP contribution in [0.4, 0.5) is 0 Å². The Hall–Kier alpha value is -0.170. The summed E-state index contributed by atoms with van der Waals surface area (Å²) in [6.45, 7) is 8.15. The zero-order valence-corrected chi connectivity index (χ0v) is 12.3. The van der Waals surface area contributed by atoms with E-state index < -0.39 is 10.2 Å². The number of rotatable bonds is 5. The van der Waals surface area contributed by atoms with Crippen LogP contribution in [0.3, 0.4) is 0 Å². The molecule has 0 aromatic rings. The van der Waals surface area contributed by atoms with Crippen LogP contribution >= 0.6 is 0 Å². The summed E-state index contributed by atoms with van der Waals surface area (Å²) in [5, 5.41) is 0. The fourth-order valence-corrected chi connectivity index (χ4v) is 4.39. The van der Waals surface area contributed by atoms with E-state index >= 15 is 0 Å². The van der Waals surface area contributed by atoms with E-state index in [9.17, 15) is 8.42 Å². The molecular formula is C12H24N2O3S. The molecule has 6 heteroatoms. The molecule has 0 aromatic heterocycles. The Bertz CT molecular complexity index is 373. The monoisotopic (exact) mass is 276 g/mol. The normalized spacial score (nSPS) is 24.7. The Morgan fingerprint density at radius 2 is 1.72 bits per heavy atom. The van der Waals surface area contributed by atoms with E-state index in [1.807, 2.05) is 6.92 Å². The lowest BCUT2D eigenvalue weighted by molar-refractivity contribution is 0.0684. The predicted molar refractivity (Wildman–Crippen MR) is 70.5 cm³/mol. The number of nitrogens with zero attached hydrogens (tertiary/aromatic N) is 2. The largest absolute Gasteiger partial charge is 0.379 e. The summed E-state index contributed by atoms with van der Waals surface area (Å²) in [5.41, 5.74) is 0. The molecule has 0 aromatic carbocycles. The Morgan fingerprint density at radius 1 is 1.17 bits per heavy atom. The summed E-state index contributed by atoms with van der Waals surface area (Å²) in [7, 11) is -3.32. The highest BCUT2D eigenvalue weighted by Crippen LogP contribution is 2.34. The molecule has 1 unspecified atom stereocenters. The van der Waals surface area contributed by atoms with Crippen molar-refractivity contribution in [2.75, 3.05) is 26.3 Å². The Labute approximate surface area is 110 Å². The maximum Gasteiger partial charge on any atom is 0.282 e. The van der Waals surface area contributed by atoms with Gasteiger partial charge in [-0.25, -0.2) is 0 Å². The number of hydrogen-bond donors (Lipinski definition) is 0. The van der Waals surface area contributed by atoms with Gasteiger partial charge in [0, 0.05) is 25.2 Å². The predicted octanol–water partition coefficient (Wildman–Crippen LogP) is 1.07. The van der Waals surface area contributed by atoms with Crippen LogP contribution in [0.1, 0.15) is 33.6 Å². The second-order valence-electron chi connectivity index (χ2n) is 5.56. The van der Waals surface area contributed by atoms with E-state index in [-0.39, 0.29) is 12.1 Å². The van der Waals surface area contributed by atoms with Crippen molar-refractivity contribution < 1.29 is 13.2 Å². The third kappa shape index (κ3) is 2.87. The number of ether oxygens (including phenoxy) is 1. The summed E-state index contributed by atoms with van der Waals surface area (Å²) < 4.78 is 34.0. The van der Waals surface area contributed by atoms with Crippen molar-refractivity contribution in [3.63, 3.8) is 0 Å². The molecule has 106 valence electrons. The van der Waals surface area contributed by atoms with Gasteiger partial charge in [-0.1, -0.05) is 13.8 Å². The van der Waals surface area contributed by atoms with Crippen LogP contribution < -0.4 is 0 Å². The standard InChI is InChI=1S/C12H24N2O3S/c1-10(2)11(3)14(12-4-5-12)18(15,16)13-6-8-17-9-7-13/h10-12H,4-9H2,1-3H3. The van der Waals surface area contributed by atoms with E-state index in [2.05, 4.69) is 13.8 Å². The summed E-state index contributed by atoms with van der Waals surface area (Å²) >= 11 is 0. The SMILES string of the molecule is CC(C)C(C)N(C1CC1)S(=O)(=O)N1CCOCC1. The Kier molecular flexibility index (Phi) is 4.31. The van der Waals surface area contributed by atoms with Gasteiger partial charge in [-0.15, -0.1) is 0 Å². The van der Waals surface area contributed by atoms with Crippen LogP contribution in [0, 0.1) is 5.92 Å². The molecule has 1 saturated carbocycles. The van der Waals surface area contributed by atoms with Crippen molar-refractivity contribution in [3.8, 4) is 0 Å². The molecule has 0 amide bonds. The minimum atomic E-state index is -3.32. The minimum Gasteiger partial charge on any atom is -0.379 e. The lowest BCUT2D eigenvalue weighted by atomic mass is 10.1. The van der Waals surface area contributed by atoms with Crippen LogP contribution in [0.2, 0.25) is 0 Å². The highest BCUT2D eigenvalue weighted by molar-refractivity contribution is 7.86. The first-order valence-corrected chi connectivity index (χ1v) is 8.20. The van der Waals surface area contributed by atoms with Gasteiger partial charge in [-0.3, -0.25) is 0 Å². The van der Waals surface area contributed by atoms with E-state index in [0.717, 1.165) is 12.8 Å². The summed E-state index contributed by atoms with van der Waals surface area (Å²) in [6, 6.07) is 0.278. The van der Waals surface area contributed by atoms with Gasteiger partial charge in [0.05, 0.1) is 13.2 Å². The molecule has 18 heavy (non-hydrogen) atoms. The van der Waals surface area contributed by atoms with E-state index in [1.165, 1.54) is 0 Å². The van der Waals surface area contributed by atoms with Crippen LogP contribution in [0.15, 0.2) is 0 Å². The first-order chi connectivity index (χ1) is 8.44. The zero-order valence-electron chi connectivity index (χ0n) is 11.5. The second-order valence-corrected chi connectivity index (χ2v) is 7.40. The van der Waals surface area contributed by atoms with Gasteiger partial charge in [0.15, 0.2) is 0 Å². The molecule has 1 aliphatic carbocycles. The van der Waals surface area contributed by atoms with Crippen LogP contribution in [0.25, 0.3) is 0 Å². The molecule has 1 atom stereocenters. The smallest absolute Gasteiger partial charge is 0.282 e. The molecule has 5 nitrogen and oxygen atoms in total. The molecule has 1 heterocycles. The lowest BCUT2D eigenvalue weighted by Gasteiger charge is -2.36. The maximum absolute atomic E-state index is 12.7. The molecule has 1 saturated heterocycles. The maximum atomic E-state index is 12.7. The van der Waals surface area contributed by atoms with E-state index in [0.29, 0.717) is 32.2 Å². The Balaban J connectivity index is 2.18. The van der Waals surface area contributed by atoms with Gasteiger partial charge in [0.2, 0.25) is 0 Å². The van der Waals surface area contributed by atoms with Crippen LogP contribution in [-0.2, 0) is 14.9 Å². The average Bonchev–Trinajstić information content (AvgIpc) is 3.14. The fraction of sp³-hybridized carbons (Fsp3) is 1.00. The van der Waals surface area contributed by atoms with Gasteiger partial charge < -0.3 is 4.74 Å². The van der Waals surface area contributed by atoms with Gasteiger partial charge >= 0.3 is 0 Å². The van der Waals surface area contributed by atoms with Gasteiger partial charge in [0.1, 0.15) is 0 Å². The molecule has 1 aliphatic heterocycles. The first kappa shape index (κ1) is 14.2. The molecule has 0 N–H and O–H groups in total. The van der Waals surface area contributed by atoms with Crippen LogP contribution in [-0.4, -0.2) is 55.4 Å². The fourth-order valence-electron chi connectivity index (χ4n) is 2.26. The highest BCUT2D eigenvalue weighted by atomic mass is 32.2. The molecule has 2 fully saturated rings. The molecular weight excluding hydrogens is 252 g/mol. The molecule has 0 radical (unpaired) electrons. The van der Waals surface area contributed by atoms with Crippen molar-refractivity contribution in [2.45, 2.75) is 45.7 Å². The Morgan fingerprint density at radius 3 is 2.17 bits per heavy atom. The second kappa shape index (κ2) is 5.45. The van der Waals surface area contributed by atoms with Gasteiger partial charge in [0.25, 0.3) is 10.2 Å². The quantitative estimate of drug-likeness (QED) is 0.755. The van der Waals surface area contributed by atoms with Gasteiger partial charge in [-0.2, -0.15) is 17.0 Å². The summed E-state index contributed by atoms with van der Waals surface area (Å²) in [5.74, 6) is 0.335. The summed E-state index contributed by atoms with van der Waals surface area (Å²) in [6.07, 6.45) is 2.00. The third-order valence-electron chi connectivity index (χ3n) is 3.84. The molecule has 2 rings (SSSR count). The average molecular weight is 276 g/mol.